The van der Waals surface area contributed by atoms with Crippen molar-refractivity contribution in [1.29, 1.82) is 0 Å². The van der Waals surface area contributed by atoms with E-state index in [0.717, 1.165) is 4.47 Å². The minimum atomic E-state index is -0.182. The molecule has 0 unspecified atom stereocenters. The summed E-state index contributed by atoms with van der Waals surface area (Å²) in [6, 6.07) is 1.76. The number of carbonyl (C=O) groups excluding carboxylic acids is 1. The van der Waals surface area contributed by atoms with Crippen LogP contribution < -0.4 is 5.32 Å². The lowest BCUT2D eigenvalue weighted by Gasteiger charge is -2.10. The SMILES string of the molecule is C[C@@H](Cn1cc(Br)cn1)C(=O)Nc1ccn(C)n1. The van der Waals surface area contributed by atoms with Gasteiger partial charge in [-0.1, -0.05) is 6.92 Å². The van der Waals surface area contributed by atoms with E-state index in [4.69, 9.17) is 0 Å². The van der Waals surface area contributed by atoms with Crippen molar-refractivity contribution in [2.75, 3.05) is 5.32 Å². The molecule has 96 valence electrons. The molecule has 6 nitrogen and oxygen atoms in total. The monoisotopic (exact) mass is 311 g/mol. The summed E-state index contributed by atoms with van der Waals surface area (Å²) >= 11 is 3.32. The van der Waals surface area contributed by atoms with Crippen molar-refractivity contribution in [1.82, 2.24) is 19.6 Å². The standard InChI is InChI=1S/C11H14BrN5O/c1-8(6-17-7-9(12)5-13-17)11(18)14-10-3-4-16(2)15-10/h3-5,7-8H,6H2,1-2H3,(H,14,15,18)/t8-/m0/s1. The second kappa shape index (κ2) is 5.34. The average Bonchev–Trinajstić information content (AvgIpc) is 2.88. The number of hydrogen-bond donors (Lipinski definition) is 1. The van der Waals surface area contributed by atoms with E-state index >= 15 is 0 Å². The van der Waals surface area contributed by atoms with Crippen LogP contribution in [0.3, 0.4) is 0 Å². The zero-order chi connectivity index (χ0) is 13.1. The summed E-state index contributed by atoms with van der Waals surface area (Å²) in [6.07, 6.45) is 5.32. The second-order valence-electron chi connectivity index (χ2n) is 4.15. The largest absolute Gasteiger partial charge is 0.309 e. The molecule has 1 amide bonds. The van der Waals surface area contributed by atoms with Gasteiger partial charge in [-0.15, -0.1) is 0 Å². The van der Waals surface area contributed by atoms with Crippen LogP contribution in [0, 0.1) is 5.92 Å². The highest BCUT2D eigenvalue weighted by molar-refractivity contribution is 9.10. The van der Waals surface area contributed by atoms with E-state index in [1.54, 1.807) is 34.9 Å². The van der Waals surface area contributed by atoms with Crippen LogP contribution in [0.25, 0.3) is 0 Å². The third-order valence-corrected chi connectivity index (χ3v) is 2.88. The van der Waals surface area contributed by atoms with Crippen molar-refractivity contribution in [2.24, 2.45) is 13.0 Å². The molecule has 2 aromatic rings. The van der Waals surface area contributed by atoms with Crippen molar-refractivity contribution in [3.63, 3.8) is 0 Å². The lowest BCUT2D eigenvalue weighted by atomic mass is 10.1. The van der Waals surface area contributed by atoms with Crippen LogP contribution in [-0.4, -0.2) is 25.5 Å². The summed E-state index contributed by atoms with van der Waals surface area (Å²) in [5, 5.41) is 11.0. The summed E-state index contributed by atoms with van der Waals surface area (Å²) in [4.78, 5) is 11.9. The third kappa shape index (κ3) is 3.19. The number of carbonyl (C=O) groups is 1. The number of nitrogens with one attached hydrogen (secondary N) is 1. The smallest absolute Gasteiger partial charge is 0.230 e. The van der Waals surface area contributed by atoms with Crippen molar-refractivity contribution < 1.29 is 4.79 Å². The Labute approximate surface area is 113 Å². The van der Waals surface area contributed by atoms with Gasteiger partial charge in [-0.3, -0.25) is 14.2 Å². The Hall–Kier alpha value is -1.63. The maximum Gasteiger partial charge on any atom is 0.230 e. The normalized spacial score (nSPS) is 12.4. The molecule has 2 heterocycles. The molecule has 0 aromatic carbocycles. The topological polar surface area (TPSA) is 64.7 Å². The molecular formula is C11H14BrN5O. The first-order valence-electron chi connectivity index (χ1n) is 5.53. The van der Waals surface area contributed by atoms with Gasteiger partial charge in [0.1, 0.15) is 0 Å². The minimum Gasteiger partial charge on any atom is -0.309 e. The molecule has 1 atom stereocenters. The van der Waals surface area contributed by atoms with Crippen LogP contribution in [0.2, 0.25) is 0 Å². The van der Waals surface area contributed by atoms with Crippen molar-refractivity contribution in [3.05, 3.63) is 29.1 Å². The van der Waals surface area contributed by atoms with E-state index < -0.39 is 0 Å². The Morgan fingerprint density at radius 3 is 2.94 bits per heavy atom. The summed E-state index contributed by atoms with van der Waals surface area (Å²) in [6.45, 7) is 2.39. The van der Waals surface area contributed by atoms with Crippen LogP contribution in [0.5, 0.6) is 0 Å². The Morgan fingerprint density at radius 2 is 2.39 bits per heavy atom. The predicted molar refractivity (Wildman–Crippen MR) is 70.9 cm³/mol. The van der Waals surface area contributed by atoms with Crippen LogP contribution in [-0.2, 0) is 18.4 Å². The molecule has 1 N–H and O–H groups in total. The highest BCUT2D eigenvalue weighted by atomic mass is 79.9. The van der Waals surface area contributed by atoms with E-state index in [0.29, 0.717) is 12.4 Å². The molecule has 2 rings (SSSR count). The van der Waals surface area contributed by atoms with Gasteiger partial charge in [0.2, 0.25) is 5.91 Å². The molecule has 0 radical (unpaired) electrons. The van der Waals surface area contributed by atoms with Gasteiger partial charge in [0, 0.05) is 25.5 Å². The number of halogens is 1. The predicted octanol–water partition coefficient (Wildman–Crippen LogP) is 1.65. The lowest BCUT2D eigenvalue weighted by molar-refractivity contribution is -0.119. The fourth-order valence-electron chi connectivity index (χ4n) is 1.53. The number of nitrogens with zero attached hydrogens (tertiary/aromatic N) is 4. The molecule has 0 saturated carbocycles. The molecule has 0 aliphatic carbocycles. The maximum atomic E-state index is 11.9. The number of rotatable bonds is 4. The average molecular weight is 312 g/mol. The zero-order valence-electron chi connectivity index (χ0n) is 10.2. The number of aryl methyl sites for hydroxylation is 1. The summed E-state index contributed by atoms with van der Waals surface area (Å²) in [7, 11) is 1.81. The Balaban J connectivity index is 1.92. The molecule has 18 heavy (non-hydrogen) atoms. The van der Waals surface area contributed by atoms with Crippen molar-refractivity contribution in [3.8, 4) is 0 Å². The fraction of sp³-hybridized carbons (Fsp3) is 0.364. The summed E-state index contributed by atoms with van der Waals surface area (Å²) in [5.41, 5.74) is 0. The fourth-order valence-corrected chi connectivity index (χ4v) is 1.86. The molecular weight excluding hydrogens is 298 g/mol. The Morgan fingerprint density at radius 1 is 1.61 bits per heavy atom. The van der Waals surface area contributed by atoms with Gasteiger partial charge >= 0.3 is 0 Å². The molecule has 0 spiro atoms. The quantitative estimate of drug-likeness (QED) is 0.934. The maximum absolute atomic E-state index is 11.9. The van der Waals surface area contributed by atoms with Crippen molar-refractivity contribution in [2.45, 2.75) is 13.5 Å². The third-order valence-electron chi connectivity index (χ3n) is 2.48. The van der Waals surface area contributed by atoms with E-state index in [2.05, 4.69) is 31.4 Å². The van der Waals surface area contributed by atoms with Gasteiger partial charge in [0.05, 0.1) is 23.1 Å². The lowest BCUT2D eigenvalue weighted by Crippen LogP contribution is -2.24. The first kappa shape index (κ1) is 12.8. The minimum absolute atomic E-state index is 0.0691. The molecule has 0 aliphatic heterocycles. The number of amides is 1. The zero-order valence-corrected chi connectivity index (χ0v) is 11.8. The van der Waals surface area contributed by atoms with Crippen LogP contribution in [0.4, 0.5) is 5.82 Å². The second-order valence-corrected chi connectivity index (χ2v) is 5.06. The summed E-state index contributed by atoms with van der Waals surface area (Å²) in [5.74, 6) is 0.315. The Bertz CT molecular complexity index is 547. The van der Waals surface area contributed by atoms with E-state index in [1.807, 2.05) is 13.1 Å². The van der Waals surface area contributed by atoms with Crippen molar-refractivity contribution >= 4 is 27.7 Å². The molecule has 0 fully saturated rings. The van der Waals surface area contributed by atoms with Gasteiger partial charge in [0.15, 0.2) is 5.82 Å². The molecule has 0 saturated heterocycles. The molecule has 7 heteroatoms. The number of anilines is 1. The highest BCUT2D eigenvalue weighted by Crippen LogP contribution is 2.10. The van der Waals surface area contributed by atoms with Crippen LogP contribution in [0.1, 0.15) is 6.92 Å². The highest BCUT2D eigenvalue weighted by Gasteiger charge is 2.15. The number of aromatic nitrogens is 4. The van der Waals surface area contributed by atoms with Gasteiger partial charge in [0.25, 0.3) is 0 Å². The summed E-state index contributed by atoms with van der Waals surface area (Å²) < 4.78 is 4.28. The first-order chi connectivity index (χ1) is 8.54. The van der Waals surface area contributed by atoms with E-state index in [9.17, 15) is 4.79 Å². The molecule has 2 aromatic heterocycles. The van der Waals surface area contributed by atoms with Gasteiger partial charge < -0.3 is 5.32 Å². The van der Waals surface area contributed by atoms with Crippen LogP contribution >= 0.6 is 15.9 Å². The van der Waals surface area contributed by atoms with E-state index in [-0.39, 0.29) is 11.8 Å². The Kier molecular flexibility index (Phi) is 3.81. The van der Waals surface area contributed by atoms with Gasteiger partial charge in [-0.25, -0.2) is 0 Å². The molecule has 0 aliphatic rings. The van der Waals surface area contributed by atoms with E-state index in [1.165, 1.54) is 0 Å². The van der Waals surface area contributed by atoms with Crippen LogP contribution in [0.15, 0.2) is 29.1 Å². The van der Waals surface area contributed by atoms with Gasteiger partial charge in [-0.2, -0.15) is 10.2 Å². The first-order valence-corrected chi connectivity index (χ1v) is 6.32. The number of hydrogen-bond acceptors (Lipinski definition) is 3. The molecule has 0 bridgehead atoms. The van der Waals surface area contributed by atoms with Gasteiger partial charge in [-0.05, 0) is 15.9 Å².